The van der Waals surface area contributed by atoms with Gasteiger partial charge in [-0.2, -0.15) is 0 Å². The summed E-state index contributed by atoms with van der Waals surface area (Å²) in [5.41, 5.74) is 4.72. The molecule has 2 heterocycles. The third-order valence-corrected chi connectivity index (χ3v) is 4.07. The van der Waals surface area contributed by atoms with Crippen molar-refractivity contribution in [2.45, 2.75) is 32.9 Å². The standard InChI is InChI=1S/C15H16BrN3/c1-2-5-13-11-8-17-9-14(11)19-15(18-13)10-6-3-4-7-12(10)16/h3-4,6-7,17H,2,5,8-9H2,1H3. The summed E-state index contributed by atoms with van der Waals surface area (Å²) in [4.78, 5) is 9.51. The van der Waals surface area contributed by atoms with Gasteiger partial charge in [-0.3, -0.25) is 0 Å². The first kappa shape index (κ1) is 12.8. The molecule has 1 aromatic carbocycles. The Kier molecular flexibility index (Phi) is 3.62. The summed E-state index contributed by atoms with van der Waals surface area (Å²) in [5.74, 6) is 0.832. The first-order valence-corrected chi connectivity index (χ1v) is 7.43. The molecule has 0 amide bonds. The summed E-state index contributed by atoms with van der Waals surface area (Å²) >= 11 is 3.58. The average Bonchev–Trinajstić information content (AvgIpc) is 2.88. The zero-order valence-electron chi connectivity index (χ0n) is 10.9. The Labute approximate surface area is 121 Å². The van der Waals surface area contributed by atoms with Gasteiger partial charge in [-0.25, -0.2) is 9.97 Å². The maximum atomic E-state index is 4.78. The Hall–Kier alpha value is -1.26. The van der Waals surface area contributed by atoms with E-state index in [4.69, 9.17) is 9.97 Å². The highest BCUT2D eigenvalue weighted by atomic mass is 79.9. The Balaban J connectivity index is 2.13. The molecule has 0 radical (unpaired) electrons. The van der Waals surface area contributed by atoms with E-state index in [0.717, 1.165) is 47.5 Å². The Morgan fingerprint density at radius 3 is 2.84 bits per heavy atom. The maximum Gasteiger partial charge on any atom is 0.160 e. The van der Waals surface area contributed by atoms with Crippen molar-refractivity contribution in [1.29, 1.82) is 0 Å². The van der Waals surface area contributed by atoms with Crippen LogP contribution in [-0.4, -0.2) is 9.97 Å². The zero-order chi connectivity index (χ0) is 13.2. The highest BCUT2D eigenvalue weighted by molar-refractivity contribution is 9.10. The van der Waals surface area contributed by atoms with Crippen LogP contribution in [0.2, 0.25) is 0 Å². The molecular formula is C15H16BrN3. The number of nitrogens with zero attached hydrogens (tertiary/aromatic N) is 2. The van der Waals surface area contributed by atoms with Crippen LogP contribution in [-0.2, 0) is 19.5 Å². The van der Waals surface area contributed by atoms with E-state index < -0.39 is 0 Å². The van der Waals surface area contributed by atoms with E-state index in [9.17, 15) is 0 Å². The fraction of sp³-hybridized carbons (Fsp3) is 0.333. The smallest absolute Gasteiger partial charge is 0.160 e. The van der Waals surface area contributed by atoms with Crippen LogP contribution in [0, 0.1) is 0 Å². The molecule has 0 saturated carbocycles. The van der Waals surface area contributed by atoms with Crippen LogP contribution in [0.25, 0.3) is 11.4 Å². The number of aryl methyl sites for hydroxylation is 1. The van der Waals surface area contributed by atoms with Gasteiger partial charge < -0.3 is 5.32 Å². The van der Waals surface area contributed by atoms with E-state index in [2.05, 4.69) is 34.2 Å². The molecule has 98 valence electrons. The largest absolute Gasteiger partial charge is 0.307 e. The second-order valence-electron chi connectivity index (χ2n) is 4.75. The molecule has 0 unspecified atom stereocenters. The fourth-order valence-corrected chi connectivity index (χ4v) is 2.91. The minimum Gasteiger partial charge on any atom is -0.307 e. The Morgan fingerprint density at radius 1 is 1.21 bits per heavy atom. The lowest BCUT2D eigenvalue weighted by Crippen LogP contribution is -2.03. The molecule has 0 spiro atoms. The van der Waals surface area contributed by atoms with Crippen LogP contribution < -0.4 is 5.32 Å². The molecule has 2 aromatic rings. The van der Waals surface area contributed by atoms with Crippen molar-refractivity contribution in [2.24, 2.45) is 0 Å². The van der Waals surface area contributed by atoms with Crippen molar-refractivity contribution in [3.8, 4) is 11.4 Å². The van der Waals surface area contributed by atoms with Crippen molar-refractivity contribution < 1.29 is 0 Å². The second-order valence-corrected chi connectivity index (χ2v) is 5.61. The van der Waals surface area contributed by atoms with Crippen molar-refractivity contribution in [3.63, 3.8) is 0 Å². The molecule has 0 atom stereocenters. The molecule has 1 aliphatic rings. The van der Waals surface area contributed by atoms with Crippen molar-refractivity contribution in [3.05, 3.63) is 45.7 Å². The third kappa shape index (κ3) is 2.42. The molecule has 1 N–H and O–H groups in total. The van der Waals surface area contributed by atoms with Crippen molar-refractivity contribution in [2.75, 3.05) is 0 Å². The average molecular weight is 318 g/mol. The number of fused-ring (bicyclic) bond motifs is 1. The number of nitrogens with one attached hydrogen (secondary N) is 1. The summed E-state index contributed by atoms with van der Waals surface area (Å²) in [6.07, 6.45) is 2.13. The van der Waals surface area contributed by atoms with Gasteiger partial charge in [0.15, 0.2) is 5.82 Å². The lowest BCUT2D eigenvalue weighted by Gasteiger charge is -2.10. The fourth-order valence-electron chi connectivity index (χ4n) is 2.44. The second kappa shape index (κ2) is 5.39. The van der Waals surface area contributed by atoms with Gasteiger partial charge >= 0.3 is 0 Å². The summed E-state index contributed by atoms with van der Waals surface area (Å²) < 4.78 is 1.04. The molecule has 0 bridgehead atoms. The Morgan fingerprint density at radius 2 is 2.05 bits per heavy atom. The zero-order valence-corrected chi connectivity index (χ0v) is 12.5. The quantitative estimate of drug-likeness (QED) is 0.942. The number of benzene rings is 1. The first-order chi connectivity index (χ1) is 9.29. The summed E-state index contributed by atoms with van der Waals surface area (Å²) in [6.45, 7) is 3.95. The van der Waals surface area contributed by atoms with Gasteiger partial charge in [-0.05, 0) is 12.5 Å². The van der Waals surface area contributed by atoms with Crippen LogP contribution >= 0.6 is 15.9 Å². The minimum absolute atomic E-state index is 0.832. The number of rotatable bonds is 3. The number of halogens is 1. The molecule has 19 heavy (non-hydrogen) atoms. The van der Waals surface area contributed by atoms with E-state index in [1.807, 2.05) is 18.2 Å². The van der Waals surface area contributed by atoms with Gasteiger partial charge in [0.2, 0.25) is 0 Å². The monoisotopic (exact) mass is 317 g/mol. The normalized spacial score (nSPS) is 13.6. The van der Waals surface area contributed by atoms with Gasteiger partial charge in [-0.15, -0.1) is 0 Å². The number of hydrogen-bond acceptors (Lipinski definition) is 3. The van der Waals surface area contributed by atoms with E-state index in [1.54, 1.807) is 0 Å². The SMILES string of the molecule is CCCc1nc(-c2ccccc2Br)nc2c1CNC2. The van der Waals surface area contributed by atoms with Crippen molar-refractivity contribution in [1.82, 2.24) is 15.3 Å². The van der Waals surface area contributed by atoms with E-state index in [1.165, 1.54) is 11.3 Å². The van der Waals surface area contributed by atoms with E-state index in [0.29, 0.717) is 0 Å². The minimum atomic E-state index is 0.832. The predicted octanol–water partition coefficient (Wildman–Crippen LogP) is 3.46. The molecule has 4 heteroatoms. The van der Waals surface area contributed by atoms with Gasteiger partial charge in [0, 0.05) is 34.4 Å². The first-order valence-electron chi connectivity index (χ1n) is 6.64. The predicted molar refractivity (Wildman–Crippen MR) is 79.7 cm³/mol. The van der Waals surface area contributed by atoms with E-state index in [-0.39, 0.29) is 0 Å². The lowest BCUT2D eigenvalue weighted by molar-refractivity contribution is 0.753. The van der Waals surface area contributed by atoms with Crippen LogP contribution in [0.4, 0.5) is 0 Å². The van der Waals surface area contributed by atoms with Crippen LogP contribution in [0.5, 0.6) is 0 Å². The van der Waals surface area contributed by atoms with Crippen molar-refractivity contribution >= 4 is 15.9 Å². The molecule has 0 fully saturated rings. The molecule has 0 aliphatic carbocycles. The molecule has 3 nitrogen and oxygen atoms in total. The molecular weight excluding hydrogens is 302 g/mol. The van der Waals surface area contributed by atoms with Gasteiger partial charge in [0.05, 0.1) is 5.69 Å². The van der Waals surface area contributed by atoms with Crippen LogP contribution in [0.15, 0.2) is 28.7 Å². The summed E-state index contributed by atoms with van der Waals surface area (Å²) in [7, 11) is 0. The molecule has 1 aromatic heterocycles. The summed E-state index contributed by atoms with van der Waals surface area (Å²) in [6, 6.07) is 8.12. The maximum absolute atomic E-state index is 4.78. The van der Waals surface area contributed by atoms with Gasteiger partial charge in [-0.1, -0.05) is 47.5 Å². The molecule has 3 rings (SSSR count). The van der Waals surface area contributed by atoms with Crippen LogP contribution in [0.3, 0.4) is 0 Å². The van der Waals surface area contributed by atoms with Crippen LogP contribution in [0.1, 0.15) is 30.3 Å². The topological polar surface area (TPSA) is 37.8 Å². The Bertz CT molecular complexity index is 610. The van der Waals surface area contributed by atoms with Gasteiger partial charge in [0.25, 0.3) is 0 Å². The number of hydrogen-bond donors (Lipinski definition) is 1. The third-order valence-electron chi connectivity index (χ3n) is 3.37. The molecule has 0 saturated heterocycles. The van der Waals surface area contributed by atoms with E-state index >= 15 is 0 Å². The highest BCUT2D eigenvalue weighted by Gasteiger charge is 2.19. The highest BCUT2D eigenvalue weighted by Crippen LogP contribution is 2.28. The summed E-state index contributed by atoms with van der Waals surface area (Å²) in [5, 5.41) is 3.37. The van der Waals surface area contributed by atoms with Gasteiger partial charge in [0.1, 0.15) is 0 Å². The lowest BCUT2D eigenvalue weighted by atomic mass is 10.1. The number of aromatic nitrogens is 2. The molecule has 1 aliphatic heterocycles.